The van der Waals surface area contributed by atoms with Gasteiger partial charge in [-0.2, -0.15) is 5.26 Å². The number of nitrogens with zero attached hydrogens (tertiary/aromatic N) is 4. The summed E-state index contributed by atoms with van der Waals surface area (Å²) in [6.45, 7) is 1.34. The highest BCUT2D eigenvalue weighted by Crippen LogP contribution is 2.30. The van der Waals surface area contributed by atoms with Crippen molar-refractivity contribution in [3.05, 3.63) is 36.0 Å². The molecule has 0 saturated carbocycles. The molecule has 0 unspecified atom stereocenters. The van der Waals surface area contributed by atoms with Gasteiger partial charge in [-0.3, -0.25) is 4.79 Å². The van der Waals surface area contributed by atoms with Gasteiger partial charge in [0.2, 0.25) is 0 Å². The zero-order valence-electron chi connectivity index (χ0n) is 13.9. The molecule has 26 heavy (non-hydrogen) atoms. The van der Waals surface area contributed by atoms with Gasteiger partial charge in [0, 0.05) is 25.0 Å². The van der Waals surface area contributed by atoms with Crippen LogP contribution in [0.25, 0.3) is 11.3 Å². The molecule has 1 aromatic carbocycles. The Morgan fingerprint density at radius 2 is 2.12 bits per heavy atom. The zero-order chi connectivity index (χ0) is 18.7. The Morgan fingerprint density at radius 1 is 1.38 bits per heavy atom. The van der Waals surface area contributed by atoms with Gasteiger partial charge in [-0.15, -0.1) is 5.10 Å². The zero-order valence-corrected chi connectivity index (χ0v) is 13.9. The maximum atomic E-state index is 13.4. The largest absolute Gasteiger partial charge is 0.463 e. The Labute approximate surface area is 148 Å². The molecule has 9 heteroatoms. The van der Waals surface area contributed by atoms with Crippen molar-refractivity contribution in [2.75, 3.05) is 6.61 Å². The maximum Gasteiger partial charge on any atom is 0.302 e. The Bertz CT molecular complexity index is 829. The lowest BCUT2D eigenvalue weighted by molar-refractivity contribution is -0.149. The van der Waals surface area contributed by atoms with E-state index in [-0.39, 0.29) is 18.2 Å². The normalized spacial score (nSPS) is 22.6. The second-order valence-electron chi connectivity index (χ2n) is 6.05. The standard InChI is InChI=1S/C17H16F2N4O3/c1-10(24)25-9-16-6-14(5-15(7-20)26-16)23-8-17(21-22-23)11-2-12(18)4-13(19)3-11/h2-4,8,14-16H,5-6,9H2,1H3/t14-,15+,16-/m1/s1. The van der Waals surface area contributed by atoms with E-state index in [9.17, 15) is 18.8 Å². The maximum absolute atomic E-state index is 13.4. The number of aromatic nitrogens is 3. The first-order chi connectivity index (χ1) is 12.4. The van der Waals surface area contributed by atoms with Crippen LogP contribution in [0.15, 0.2) is 24.4 Å². The van der Waals surface area contributed by atoms with E-state index in [1.165, 1.54) is 19.1 Å². The van der Waals surface area contributed by atoms with E-state index in [2.05, 4.69) is 16.4 Å². The van der Waals surface area contributed by atoms with Crippen molar-refractivity contribution < 1.29 is 23.0 Å². The molecular formula is C17H16F2N4O3. The second-order valence-corrected chi connectivity index (χ2v) is 6.05. The van der Waals surface area contributed by atoms with Crippen LogP contribution in [0, 0.1) is 23.0 Å². The third kappa shape index (κ3) is 4.21. The number of esters is 1. The lowest BCUT2D eigenvalue weighted by Gasteiger charge is -2.31. The van der Waals surface area contributed by atoms with Gasteiger partial charge >= 0.3 is 5.97 Å². The molecule has 1 aliphatic rings. The van der Waals surface area contributed by atoms with Gasteiger partial charge in [0.1, 0.15) is 30.0 Å². The molecule has 0 amide bonds. The van der Waals surface area contributed by atoms with Gasteiger partial charge in [0.15, 0.2) is 0 Å². The van der Waals surface area contributed by atoms with Crippen molar-refractivity contribution in [2.24, 2.45) is 0 Å². The Balaban J connectivity index is 1.78. The summed E-state index contributed by atoms with van der Waals surface area (Å²) >= 11 is 0. The average Bonchev–Trinajstić information content (AvgIpc) is 3.09. The van der Waals surface area contributed by atoms with E-state index in [0.29, 0.717) is 18.5 Å². The van der Waals surface area contributed by atoms with Crippen LogP contribution >= 0.6 is 0 Å². The minimum atomic E-state index is -0.702. The molecular weight excluding hydrogens is 346 g/mol. The lowest BCUT2D eigenvalue weighted by atomic mass is 9.99. The monoisotopic (exact) mass is 362 g/mol. The van der Waals surface area contributed by atoms with Crippen molar-refractivity contribution >= 4 is 5.97 Å². The number of benzene rings is 1. The van der Waals surface area contributed by atoms with Crippen molar-refractivity contribution in [1.29, 1.82) is 5.26 Å². The van der Waals surface area contributed by atoms with E-state index in [4.69, 9.17) is 9.47 Å². The van der Waals surface area contributed by atoms with E-state index in [0.717, 1.165) is 6.07 Å². The second kappa shape index (κ2) is 7.58. The van der Waals surface area contributed by atoms with E-state index >= 15 is 0 Å². The number of nitriles is 1. The highest BCUT2D eigenvalue weighted by molar-refractivity contribution is 5.65. The Hall–Kier alpha value is -2.86. The highest BCUT2D eigenvalue weighted by atomic mass is 19.1. The Morgan fingerprint density at radius 3 is 2.77 bits per heavy atom. The van der Waals surface area contributed by atoms with Crippen LogP contribution in [-0.4, -0.2) is 39.8 Å². The molecule has 1 fully saturated rings. The van der Waals surface area contributed by atoms with Crippen LogP contribution < -0.4 is 0 Å². The summed E-state index contributed by atoms with van der Waals surface area (Å²) < 4.78 is 38.8. The molecule has 1 aromatic heterocycles. The fourth-order valence-corrected chi connectivity index (χ4v) is 2.90. The van der Waals surface area contributed by atoms with Crippen LogP contribution in [0.3, 0.4) is 0 Å². The van der Waals surface area contributed by atoms with Crippen molar-refractivity contribution in [3.63, 3.8) is 0 Å². The summed E-state index contributed by atoms with van der Waals surface area (Å²) in [7, 11) is 0. The molecule has 7 nitrogen and oxygen atoms in total. The summed E-state index contributed by atoms with van der Waals surface area (Å²) in [5.41, 5.74) is 0.592. The molecule has 0 aliphatic carbocycles. The molecule has 2 aromatic rings. The van der Waals surface area contributed by atoms with Crippen molar-refractivity contribution in [2.45, 2.75) is 38.0 Å². The number of hydrogen-bond donors (Lipinski definition) is 0. The van der Waals surface area contributed by atoms with Gasteiger partial charge in [0.25, 0.3) is 0 Å². The summed E-state index contributed by atoms with van der Waals surface area (Å²) in [6, 6.07) is 4.96. The first kappa shape index (κ1) is 17.9. The number of halogens is 2. The highest BCUT2D eigenvalue weighted by Gasteiger charge is 2.32. The fraction of sp³-hybridized carbons (Fsp3) is 0.412. The van der Waals surface area contributed by atoms with Crippen LogP contribution in [0.2, 0.25) is 0 Å². The number of ether oxygens (including phenoxy) is 2. The first-order valence-electron chi connectivity index (χ1n) is 8.01. The van der Waals surface area contributed by atoms with Crippen LogP contribution in [0.5, 0.6) is 0 Å². The SMILES string of the molecule is CC(=O)OC[C@H]1C[C@H](n2cc(-c3cc(F)cc(F)c3)nn2)C[C@@H](C#N)O1. The smallest absolute Gasteiger partial charge is 0.302 e. The van der Waals surface area contributed by atoms with Crippen LogP contribution in [0.4, 0.5) is 8.78 Å². The Kier molecular flexibility index (Phi) is 5.23. The molecule has 3 atom stereocenters. The number of carbonyl (C=O) groups is 1. The first-order valence-corrected chi connectivity index (χ1v) is 8.01. The molecule has 0 bridgehead atoms. The number of rotatable bonds is 4. The summed E-state index contributed by atoms with van der Waals surface area (Å²) in [5.74, 6) is -1.83. The molecule has 3 rings (SSSR count). The van der Waals surface area contributed by atoms with Gasteiger partial charge in [-0.1, -0.05) is 5.21 Å². The predicted molar refractivity (Wildman–Crippen MR) is 84.6 cm³/mol. The quantitative estimate of drug-likeness (QED) is 0.776. The molecule has 1 saturated heterocycles. The van der Waals surface area contributed by atoms with Gasteiger partial charge in [-0.05, 0) is 18.6 Å². The molecule has 1 aliphatic heterocycles. The van der Waals surface area contributed by atoms with Gasteiger partial charge < -0.3 is 9.47 Å². The van der Waals surface area contributed by atoms with E-state index < -0.39 is 29.8 Å². The summed E-state index contributed by atoms with van der Waals surface area (Å²) in [4.78, 5) is 11.0. The van der Waals surface area contributed by atoms with Gasteiger partial charge in [-0.25, -0.2) is 13.5 Å². The number of carbonyl (C=O) groups excluding carboxylic acids is 1. The third-order valence-electron chi connectivity index (χ3n) is 4.04. The van der Waals surface area contributed by atoms with Crippen molar-refractivity contribution in [3.8, 4) is 17.3 Å². The van der Waals surface area contributed by atoms with Crippen LogP contribution in [0.1, 0.15) is 25.8 Å². The van der Waals surface area contributed by atoms with Gasteiger partial charge in [0.05, 0.1) is 24.4 Å². The van der Waals surface area contributed by atoms with E-state index in [1.54, 1.807) is 10.9 Å². The fourth-order valence-electron chi connectivity index (χ4n) is 2.90. The molecule has 2 heterocycles. The molecule has 0 spiro atoms. The lowest BCUT2D eigenvalue weighted by Crippen LogP contribution is -2.36. The topological polar surface area (TPSA) is 90.0 Å². The van der Waals surface area contributed by atoms with Crippen LogP contribution in [-0.2, 0) is 14.3 Å². The van der Waals surface area contributed by atoms with Crippen molar-refractivity contribution in [1.82, 2.24) is 15.0 Å². The van der Waals surface area contributed by atoms with E-state index in [1.807, 2.05) is 0 Å². The molecule has 136 valence electrons. The third-order valence-corrected chi connectivity index (χ3v) is 4.04. The minimum Gasteiger partial charge on any atom is -0.463 e. The number of hydrogen-bond acceptors (Lipinski definition) is 6. The summed E-state index contributed by atoms with van der Waals surface area (Å²) in [6.07, 6.45) is 1.30. The average molecular weight is 362 g/mol. The summed E-state index contributed by atoms with van der Waals surface area (Å²) in [5, 5.41) is 17.2. The molecule has 0 N–H and O–H groups in total. The minimum absolute atomic E-state index is 0.0423. The predicted octanol–water partition coefficient (Wildman–Crippen LogP) is 2.40. The molecule has 0 radical (unpaired) electrons.